The summed E-state index contributed by atoms with van der Waals surface area (Å²) in [5.41, 5.74) is 1.88. The molecule has 1 saturated carbocycles. The predicted octanol–water partition coefficient (Wildman–Crippen LogP) is 0.243. The number of aromatic nitrogens is 2. The van der Waals surface area contributed by atoms with Crippen molar-refractivity contribution in [3.8, 4) is 0 Å². The topological polar surface area (TPSA) is 139 Å². The lowest BCUT2D eigenvalue weighted by Crippen LogP contribution is -2.23. The minimum Gasteiger partial charge on any atom is -0.393 e. The second kappa shape index (κ2) is 5.76. The van der Waals surface area contributed by atoms with Gasteiger partial charge in [0.05, 0.1) is 11.0 Å². The molecule has 1 aliphatic carbocycles. The Balaban J connectivity index is 2.13. The van der Waals surface area contributed by atoms with Gasteiger partial charge in [-0.2, -0.15) is 0 Å². The van der Waals surface area contributed by atoms with Crippen LogP contribution in [0.15, 0.2) is 6.33 Å². The van der Waals surface area contributed by atoms with Gasteiger partial charge in [0.25, 0.3) is 0 Å². The van der Waals surface area contributed by atoms with E-state index in [1.54, 1.807) is 0 Å². The second-order valence-corrected chi connectivity index (χ2v) is 4.46. The Hall–Kier alpha value is -2.00. The maximum absolute atomic E-state index is 11.0. The molecule has 1 heterocycles. The highest BCUT2D eigenvalue weighted by molar-refractivity contribution is 5.68. The van der Waals surface area contributed by atoms with Crippen LogP contribution in [-0.2, 0) is 0 Å². The van der Waals surface area contributed by atoms with Gasteiger partial charge in [-0.3, -0.25) is 10.1 Å². The molecule has 0 amide bonds. The lowest BCUT2D eigenvalue weighted by molar-refractivity contribution is -0.383. The van der Waals surface area contributed by atoms with E-state index in [0.717, 1.165) is 19.3 Å². The van der Waals surface area contributed by atoms with Crippen molar-refractivity contribution in [2.45, 2.75) is 25.4 Å². The van der Waals surface area contributed by atoms with Gasteiger partial charge in [-0.15, -0.1) is 0 Å². The van der Waals surface area contributed by atoms with Crippen LogP contribution in [-0.4, -0.2) is 32.6 Å². The van der Waals surface area contributed by atoms with Crippen molar-refractivity contribution < 1.29 is 10.0 Å². The number of nitrogens with two attached hydrogens (primary N) is 1. The molecule has 0 aromatic carbocycles. The van der Waals surface area contributed by atoms with Gasteiger partial charge in [0.15, 0.2) is 0 Å². The number of anilines is 2. The van der Waals surface area contributed by atoms with Gasteiger partial charge >= 0.3 is 5.69 Å². The zero-order valence-electron chi connectivity index (χ0n) is 10.2. The van der Waals surface area contributed by atoms with Crippen LogP contribution in [0.3, 0.4) is 0 Å². The molecule has 1 fully saturated rings. The SMILES string of the molecule is NNc1ncnc(NCC2CCCC2O)c1[N+](=O)[O-]. The summed E-state index contributed by atoms with van der Waals surface area (Å²) in [5, 5.41) is 23.6. The number of nitrogens with one attached hydrogen (secondary N) is 2. The molecule has 0 spiro atoms. The van der Waals surface area contributed by atoms with Crippen molar-refractivity contribution in [1.29, 1.82) is 0 Å². The molecular formula is C10H16N6O3. The molecule has 5 N–H and O–H groups in total. The smallest absolute Gasteiger partial charge is 0.354 e. The van der Waals surface area contributed by atoms with Gasteiger partial charge in [-0.25, -0.2) is 15.8 Å². The molecular weight excluding hydrogens is 252 g/mol. The van der Waals surface area contributed by atoms with E-state index in [1.165, 1.54) is 6.33 Å². The minimum atomic E-state index is -0.595. The summed E-state index contributed by atoms with van der Waals surface area (Å²) in [7, 11) is 0. The number of nitro groups is 1. The Morgan fingerprint density at radius 2 is 2.21 bits per heavy atom. The highest BCUT2D eigenvalue weighted by atomic mass is 16.6. The monoisotopic (exact) mass is 268 g/mol. The van der Waals surface area contributed by atoms with Gasteiger partial charge in [0.2, 0.25) is 11.6 Å². The third-order valence-electron chi connectivity index (χ3n) is 3.29. The summed E-state index contributed by atoms with van der Waals surface area (Å²) in [5.74, 6) is 5.33. The number of nitrogen functional groups attached to an aromatic ring is 1. The van der Waals surface area contributed by atoms with E-state index in [4.69, 9.17) is 5.84 Å². The second-order valence-electron chi connectivity index (χ2n) is 4.46. The Labute approximate surface area is 109 Å². The van der Waals surface area contributed by atoms with Crippen LogP contribution in [0.1, 0.15) is 19.3 Å². The summed E-state index contributed by atoms with van der Waals surface area (Å²) in [4.78, 5) is 18.0. The molecule has 2 unspecified atom stereocenters. The average Bonchev–Trinajstić information content (AvgIpc) is 2.81. The van der Waals surface area contributed by atoms with Gasteiger partial charge in [-0.05, 0) is 12.8 Å². The standard InChI is InChI=1S/C10H16N6O3/c11-15-10-8(16(18)19)9(13-5-14-10)12-4-6-2-1-3-7(6)17/h5-7,17H,1-4,11H2,(H2,12,13,14,15). The largest absolute Gasteiger partial charge is 0.393 e. The zero-order chi connectivity index (χ0) is 13.8. The molecule has 1 aromatic rings. The number of hydrogen-bond donors (Lipinski definition) is 4. The summed E-state index contributed by atoms with van der Waals surface area (Å²) in [6, 6.07) is 0. The third kappa shape index (κ3) is 2.88. The van der Waals surface area contributed by atoms with E-state index in [0.29, 0.717) is 6.54 Å². The molecule has 19 heavy (non-hydrogen) atoms. The van der Waals surface area contributed by atoms with Crippen LogP contribution >= 0.6 is 0 Å². The first-order chi connectivity index (χ1) is 9.13. The number of nitrogens with zero attached hydrogens (tertiary/aromatic N) is 3. The van der Waals surface area contributed by atoms with Crippen LogP contribution < -0.4 is 16.6 Å². The summed E-state index contributed by atoms with van der Waals surface area (Å²) in [6.45, 7) is 0.434. The molecule has 0 bridgehead atoms. The Kier molecular flexibility index (Phi) is 4.07. The predicted molar refractivity (Wildman–Crippen MR) is 68.3 cm³/mol. The zero-order valence-corrected chi connectivity index (χ0v) is 10.2. The molecule has 0 aliphatic heterocycles. The van der Waals surface area contributed by atoms with E-state index in [9.17, 15) is 15.2 Å². The minimum absolute atomic E-state index is 0.0468. The van der Waals surface area contributed by atoms with Gasteiger partial charge in [0, 0.05) is 12.5 Å². The van der Waals surface area contributed by atoms with E-state index in [2.05, 4.69) is 20.7 Å². The Morgan fingerprint density at radius 3 is 2.79 bits per heavy atom. The summed E-state index contributed by atoms with van der Waals surface area (Å²) in [6.07, 6.45) is 3.47. The quantitative estimate of drug-likeness (QED) is 0.338. The van der Waals surface area contributed by atoms with Gasteiger partial charge in [-0.1, -0.05) is 6.42 Å². The molecule has 2 atom stereocenters. The Morgan fingerprint density at radius 1 is 1.47 bits per heavy atom. The van der Waals surface area contributed by atoms with Crippen molar-refractivity contribution in [2.24, 2.45) is 11.8 Å². The molecule has 1 aliphatic rings. The van der Waals surface area contributed by atoms with E-state index in [-0.39, 0.29) is 29.3 Å². The Bertz CT molecular complexity index is 469. The van der Waals surface area contributed by atoms with Crippen LogP contribution in [0, 0.1) is 16.0 Å². The molecule has 0 saturated heterocycles. The van der Waals surface area contributed by atoms with Crippen molar-refractivity contribution in [3.63, 3.8) is 0 Å². The van der Waals surface area contributed by atoms with Crippen molar-refractivity contribution in [3.05, 3.63) is 16.4 Å². The van der Waals surface area contributed by atoms with Crippen molar-refractivity contribution in [1.82, 2.24) is 9.97 Å². The van der Waals surface area contributed by atoms with Crippen molar-refractivity contribution in [2.75, 3.05) is 17.3 Å². The first-order valence-electron chi connectivity index (χ1n) is 6.01. The van der Waals surface area contributed by atoms with Crippen LogP contribution in [0.5, 0.6) is 0 Å². The fourth-order valence-electron chi connectivity index (χ4n) is 2.27. The first kappa shape index (κ1) is 13.4. The van der Waals surface area contributed by atoms with E-state index < -0.39 is 4.92 Å². The molecule has 9 nitrogen and oxygen atoms in total. The van der Waals surface area contributed by atoms with E-state index >= 15 is 0 Å². The van der Waals surface area contributed by atoms with Crippen LogP contribution in [0.2, 0.25) is 0 Å². The van der Waals surface area contributed by atoms with Crippen LogP contribution in [0.25, 0.3) is 0 Å². The van der Waals surface area contributed by atoms with Crippen LogP contribution in [0.4, 0.5) is 17.3 Å². The number of rotatable bonds is 5. The lowest BCUT2D eigenvalue weighted by Gasteiger charge is -2.15. The number of aliphatic hydroxyl groups is 1. The van der Waals surface area contributed by atoms with Gasteiger partial charge in [0.1, 0.15) is 6.33 Å². The molecule has 104 valence electrons. The lowest BCUT2D eigenvalue weighted by atomic mass is 10.1. The third-order valence-corrected chi connectivity index (χ3v) is 3.29. The average molecular weight is 268 g/mol. The summed E-state index contributed by atoms with van der Waals surface area (Å²) < 4.78 is 0. The first-order valence-corrected chi connectivity index (χ1v) is 6.01. The highest BCUT2D eigenvalue weighted by Crippen LogP contribution is 2.30. The maximum atomic E-state index is 11.0. The van der Waals surface area contributed by atoms with Gasteiger partial charge < -0.3 is 15.8 Å². The molecule has 1 aromatic heterocycles. The molecule has 9 heteroatoms. The maximum Gasteiger partial charge on any atom is 0.354 e. The fraction of sp³-hybridized carbons (Fsp3) is 0.600. The highest BCUT2D eigenvalue weighted by Gasteiger charge is 2.27. The molecule has 0 radical (unpaired) electrons. The van der Waals surface area contributed by atoms with E-state index in [1.807, 2.05) is 0 Å². The van der Waals surface area contributed by atoms with Crippen molar-refractivity contribution >= 4 is 17.3 Å². The fourth-order valence-corrected chi connectivity index (χ4v) is 2.27. The number of aliphatic hydroxyl groups excluding tert-OH is 1. The normalized spacial score (nSPS) is 22.2. The molecule has 2 rings (SSSR count). The number of hydrogen-bond acceptors (Lipinski definition) is 8. The summed E-state index contributed by atoms with van der Waals surface area (Å²) >= 11 is 0. The number of hydrazine groups is 1.